The molecule has 2 fully saturated rings. The number of guanidine groups is 1. The van der Waals surface area contributed by atoms with E-state index < -0.39 is 10.0 Å². The van der Waals surface area contributed by atoms with Crippen molar-refractivity contribution in [1.82, 2.24) is 19.9 Å². The van der Waals surface area contributed by atoms with E-state index in [2.05, 4.69) is 20.6 Å². The Morgan fingerprint density at radius 2 is 2.18 bits per heavy atom. The minimum absolute atomic E-state index is 0.0360. The molecular formula is C17H27FN6O2S2. The van der Waals surface area contributed by atoms with E-state index in [1.807, 2.05) is 4.90 Å². The van der Waals surface area contributed by atoms with Gasteiger partial charge in [-0.15, -0.1) is 0 Å². The lowest BCUT2D eigenvalue weighted by Gasteiger charge is -2.26. The minimum atomic E-state index is -3.25. The molecule has 0 aromatic carbocycles. The first-order valence-corrected chi connectivity index (χ1v) is 12.1. The molecule has 1 aromatic rings. The molecule has 8 nitrogen and oxygen atoms in total. The van der Waals surface area contributed by atoms with Crippen LogP contribution in [0.1, 0.15) is 6.42 Å². The van der Waals surface area contributed by atoms with Crippen molar-refractivity contribution in [2.75, 3.05) is 61.9 Å². The van der Waals surface area contributed by atoms with E-state index in [9.17, 15) is 12.8 Å². The van der Waals surface area contributed by atoms with Gasteiger partial charge in [0, 0.05) is 63.5 Å². The third kappa shape index (κ3) is 5.48. The number of thioether (sulfide) groups is 1. The third-order valence-corrected chi connectivity index (χ3v) is 7.62. The van der Waals surface area contributed by atoms with Crippen molar-refractivity contribution in [3.63, 3.8) is 0 Å². The van der Waals surface area contributed by atoms with Crippen molar-refractivity contribution in [3.8, 4) is 0 Å². The summed E-state index contributed by atoms with van der Waals surface area (Å²) in [5, 5.41) is 6.36. The monoisotopic (exact) mass is 430 g/mol. The number of halogens is 1. The lowest BCUT2D eigenvalue weighted by molar-refractivity contribution is 0.443. The summed E-state index contributed by atoms with van der Waals surface area (Å²) < 4.78 is 40.3. The fraction of sp³-hybridized carbons (Fsp3) is 0.647. The number of aliphatic imine (C=N–C) groups is 1. The van der Waals surface area contributed by atoms with Crippen LogP contribution in [0.4, 0.5) is 10.2 Å². The van der Waals surface area contributed by atoms with Crippen molar-refractivity contribution in [3.05, 3.63) is 24.1 Å². The highest BCUT2D eigenvalue weighted by atomic mass is 32.2. The maximum atomic E-state index is 13.9. The Bertz CT molecular complexity index is 786. The normalized spacial score (nSPS) is 21.7. The Morgan fingerprint density at radius 3 is 2.89 bits per heavy atom. The topological polar surface area (TPSA) is 89.9 Å². The van der Waals surface area contributed by atoms with Crippen LogP contribution in [0.2, 0.25) is 0 Å². The van der Waals surface area contributed by atoms with Gasteiger partial charge in [0.25, 0.3) is 0 Å². The molecule has 2 aliphatic rings. The molecule has 2 saturated heterocycles. The van der Waals surface area contributed by atoms with Crippen LogP contribution in [0.3, 0.4) is 0 Å². The van der Waals surface area contributed by atoms with Gasteiger partial charge < -0.3 is 15.5 Å². The van der Waals surface area contributed by atoms with Gasteiger partial charge in [0.2, 0.25) is 10.0 Å². The maximum absolute atomic E-state index is 13.9. The molecule has 156 valence electrons. The molecule has 0 saturated carbocycles. The fourth-order valence-electron chi connectivity index (χ4n) is 3.32. The van der Waals surface area contributed by atoms with Crippen LogP contribution < -0.4 is 15.5 Å². The molecule has 0 spiro atoms. The number of sulfonamides is 1. The first-order chi connectivity index (χ1) is 13.5. The molecule has 0 aliphatic carbocycles. The van der Waals surface area contributed by atoms with Gasteiger partial charge in [0.05, 0.1) is 5.75 Å². The quantitative estimate of drug-likeness (QED) is 0.497. The lowest BCUT2D eigenvalue weighted by Crippen LogP contribution is -2.47. The maximum Gasteiger partial charge on any atom is 0.215 e. The molecule has 11 heteroatoms. The Hall–Kier alpha value is -1.59. The number of rotatable bonds is 6. The van der Waals surface area contributed by atoms with Crippen LogP contribution in [0.25, 0.3) is 0 Å². The van der Waals surface area contributed by atoms with Crippen LogP contribution >= 0.6 is 11.8 Å². The van der Waals surface area contributed by atoms with Crippen LogP contribution in [0.15, 0.2) is 23.3 Å². The molecule has 3 rings (SSSR count). The van der Waals surface area contributed by atoms with E-state index in [4.69, 9.17) is 0 Å². The highest BCUT2D eigenvalue weighted by Gasteiger charge is 2.27. The van der Waals surface area contributed by atoms with Crippen molar-refractivity contribution < 1.29 is 12.8 Å². The summed E-state index contributed by atoms with van der Waals surface area (Å²) >= 11 is 1.78. The molecule has 3 heterocycles. The summed E-state index contributed by atoms with van der Waals surface area (Å²) in [6, 6.07) is 3.07. The molecule has 0 amide bonds. The Morgan fingerprint density at radius 1 is 1.39 bits per heavy atom. The molecule has 2 aliphatic heterocycles. The summed E-state index contributed by atoms with van der Waals surface area (Å²) in [6.45, 7) is 2.77. The Kier molecular flexibility index (Phi) is 7.36. The second-order valence-corrected chi connectivity index (χ2v) is 10.0. The second kappa shape index (κ2) is 9.75. The van der Waals surface area contributed by atoms with Gasteiger partial charge in [-0.05, 0) is 18.6 Å². The summed E-state index contributed by atoms with van der Waals surface area (Å²) in [7, 11) is -1.60. The molecular weight excluding hydrogens is 403 g/mol. The van der Waals surface area contributed by atoms with Crippen molar-refractivity contribution in [2.45, 2.75) is 12.5 Å². The van der Waals surface area contributed by atoms with Crippen LogP contribution in [0.5, 0.6) is 0 Å². The van der Waals surface area contributed by atoms with Gasteiger partial charge in [-0.1, -0.05) is 0 Å². The number of hydrogen-bond donors (Lipinski definition) is 2. The van der Waals surface area contributed by atoms with Crippen molar-refractivity contribution in [2.24, 2.45) is 4.99 Å². The standard InChI is InChI=1S/C17H27FN6O2S2/c1-19-17(21-6-12-28(25,26)24-8-10-27-11-9-24)22-14-4-7-23(13-14)16-15(18)3-2-5-20-16/h2-3,5,14H,4,6-13H2,1H3,(H2,19,21,22). The summed E-state index contributed by atoms with van der Waals surface area (Å²) in [5.74, 6) is 2.33. The second-order valence-electron chi connectivity index (χ2n) is 6.71. The SMILES string of the molecule is CN=C(NCCS(=O)(=O)N1CCSCC1)NC1CCN(c2ncccc2F)C1. The highest BCUT2D eigenvalue weighted by Crippen LogP contribution is 2.20. The number of nitrogens with zero attached hydrogens (tertiary/aromatic N) is 4. The van der Waals surface area contributed by atoms with Gasteiger partial charge >= 0.3 is 0 Å². The van der Waals surface area contributed by atoms with Crippen molar-refractivity contribution in [1.29, 1.82) is 0 Å². The zero-order valence-corrected chi connectivity index (χ0v) is 17.6. The zero-order valence-electron chi connectivity index (χ0n) is 16.0. The Labute approximate surface area is 170 Å². The molecule has 28 heavy (non-hydrogen) atoms. The van der Waals surface area contributed by atoms with Gasteiger partial charge in [-0.2, -0.15) is 11.8 Å². The summed E-state index contributed by atoms with van der Waals surface area (Å²) in [5.41, 5.74) is 0. The van der Waals surface area contributed by atoms with E-state index in [0.29, 0.717) is 38.0 Å². The third-order valence-electron chi connectivity index (χ3n) is 4.81. The van der Waals surface area contributed by atoms with E-state index in [-0.39, 0.29) is 24.2 Å². The molecule has 1 atom stereocenters. The number of anilines is 1. The minimum Gasteiger partial charge on any atom is -0.355 e. The highest BCUT2D eigenvalue weighted by molar-refractivity contribution is 7.99. The first kappa shape index (κ1) is 21.1. The van der Waals surface area contributed by atoms with Crippen LogP contribution in [0, 0.1) is 5.82 Å². The zero-order chi connectivity index (χ0) is 20.0. The molecule has 0 radical (unpaired) electrons. The predicted molar refractivity (Wildman–Crippen MR) is 112 cm³/mol. The van der Waals surface area contributed by atoms with Gasteiger partial charge in [-0.3, -0.25) is 4.99 Å². The predicted octanol–water partition coefficient (Wildman–Crippen LogP) is 0.343. The first-order valence-electron chi connectivity index (χ1n) is 9.38. The number of aromatic nitrogens is 1. The van der Waals surface area contributed by atoms with Gasteiger partial charge in [0.1, 0.15) is 0 Å². The lowest BCUT2D eigenvalue weighted by atomic mass is 10.3. The number of hydrogen-bond acceptors (Lipinski definition) is 6. The van der Waals surface area contributed by atoms with Gasteiger partial charge in [0.15, 0.2) is 17.6 Å². The number of nitrogens with one attached hydrogen (secondary N) is 2. The van der Waals surface area contributed by atoms with E-state index in [0.717, 1.165) is 17.9 Å². The van der Waals surface area contributed by atoms with Gasteiger partial charge in [-0.25, -0.2) is 22.1 Å². The molecule has 2 N–H and O–H groups in total. The average molecular weight is 431 g/mol. The summed E-state index contributed by atoms with van der Waals surface area (Å²) in [4.78, 5) is 10.2. The fourth-order valence-corrected chi connectivity index (χ4v) is 5.81. The summed E-state index contributed by atoms with van der Waals surface area (Å²) in [6.07, 6.45) is 2.40. The molecule has 1 aromatic heterocycles. The smallest absolute Gasteiger partial charge is 0.215 e. The van der Waals surface area contributed by atoms with E-state index in [1.54, 1.807) is 35.4 Å². The van der Waals surface area contributed by atoms with E-state index in [1.165, 1.54) is 6.07 Å². The Balaban J connectivity index is 1.45. The van der Waals surface area contributed by atoms with Crippen LogP contribution in [-0.4, -0.2) is 86.7 Å². The van der Waals surface area contributed by atoms with Crippen molar-refractivity contribution >= 4 is 33.6 Å². The van der Waals surface area contributed by atoms with Crippen LogP contribution in [-0.2, 0) is 10.0 Å². The molecule has 1 unspecified atom stereocenters. The average Bonchev–Trinajstić information content (AvgIpc) is 3.16. The largest absolute Gasteiger partial charge is 0.355 e. The van der Waals surface area contributed by atoms with E-state index >= 15 is 0 Å². The molecule has 0 bridgehead atoms. The number of pyridine rings is 1.